The molecule has 38 heavy (non-hydrogen) atoms. The minimum atomic E-state index is -0.0999. The Kier molecular flexibility index (Phi) is 10.4. The first kappa shape index (κ1) is 28.8. The Bertz CT molecular complexity index is 1190. The van der Waals surface area contributed by atoms with E-state index in [1.54, 1.807) is 21.3 Å². The lowest BCUT2D eigenvalue weighted by Crippen LogP contribution is -2.01. The quantitative estimate of drug-likeness (QED) is 0.230. The van der Waals surface area contributed by atoms with Gasteiger partial charge in [-0.2, -0.15) is 0 Å². The van der Waals surface area contributed by atoms with Crippen molar-refractivity contribution in [3.8, 4) is 51.7 Å². The minimum Gasteiger partial charge on any atom is -0.502 e. The number of hydrogen-bond donors (Lipinski definition) is 1. The number of aryl methyl sites for hydroxylation is 3. The van der Waals surface area contributed by atoms with Gasteiger partial charge >= 0.3 is 0 Å². The van der Waals surface area contributed by atoms with Crippen LogP contribution in [0.3, 0.4) is 0 Å². The summed E-state index contributed by atoms with van der Waals surface area (Å²) in [6.07, 6.45) is 5.38. The molecule has 0 radical (unpaired) electrons. The molecule has 3 aromatic rings. The van der Waals surface area contributed by atoms with Gasteiger partial charge in [0.1, 0.15) is 0 Å². The molecule has 0 saturated heterocycles. The minimum absolute atomic E-state index is 0.0999. The number of phenols is 1. The number of benzene rings is 3. The zero-order chi connectivity index (χ0) is 27.7. The van der Waals surface area contributed by atoms with Gasteiger partial charge in [-0.25, -0.2) is 0 Å². The zero-order valence-corrected chi connectivity index (χ0v) is 23.6. The summed E-state index contributed by atoms with van der Waals surface area (Å²) in [5.74, 6) is 3.22. The Morgan fingerprint density at radius 2 is 0.789 bits per heavy atom. The maximum Gasteiger partial charge on any atom is 0.211 e. The molecule has 0 spiro atoms. The summed E-state index contributed by atoms with van der Waals surface area (Å²) in [7, 11) is 6.30. The molecule has 206 valence electrons. The van der Waals surface area contributed by atoms with E-state index in [1.165, 1.54) is 7.11 Å². The molecule has 7 heteroatoms. The van der Waals surface area contributed by atoms with Gasteiger partial charge in [0.05, 0.1) is 28.4 Å². The number of methoxy groups -OCH3 is 4. The van der Waals surface area contributed by atoms with Crippen LogP contribution in [0.1, 0.15) is 56.7 Å². The molecule has 1 N–H and O–H groups in total. The highest BCUT2D eigenvalue weighted by atomic mass is 16.6. The van der Waals surface area contributed by atoms with Gasteiger partial charge in [0.25, 0.3) is 0 Å². The first-order valence-electron chi connectivity index (χ1n) is 13.1. The van der Waals surface area contributed by atoms with Gasteiger partial charge in [0.2, 0.25) is 17.2 Å². The molecule has 0 aliphatic heterocycles. The summed E-state index contributed by atoms with van der Waals surface area (Å²) >= 11 is 0. The van der Waals surface area contributed by atoms with Crippen molar-refractivity contribution in [2.45, 2.75) is 59.3 Å². The number of aromatic hydroxyl groups is 1. The van der Waals surface area contributed by atoms with Crippen LogP contribution >= 0.6 is 0 Å². The maximum absolute atomic E-state index is 10.9. The van der Waals surface area contributed by atoms with Gasteiger partial charge in [0.15, 0.2) is 34.5 Å². The van der Waals surface area contributed by atoms with E-state index in [9.17, 15) is 5.11 Å². The number of rotatable bonds is 14. The molecule has 0 amide bonds. The smallest absolute Gasteiger partial charge is 0.211 e. The molecule has 7 nitrogen and oxygen atoms in total. The van der Waals surface area contributed by atoms with E-state index in [4.69, 9.17) is 28.4 Å². The molecule has 3 aromatic carbocycles. The Balaban J connectivity index is 2.19. The summed E-state index contributed by atoms with van der Waals surface area (Å²) in [6.45, 7) is 6.33. The van der Waals surface area contributed by atoms with Gasteiger partial charge in [0, 0.05) is 0 Å². The van der Waals surface area contributed by atoms with E-state index in [-0.39, 0.29) is 11.5 Å². The van der Waals surface area contributed by atoms with Crippen LogP contribution in [0.25, 0.3) is 0 Å². The van der Waals surface area contributed by atoms with Crippen LogP contribution in [-0.4, -0.2) is 33.5 Å². The number of ether oxygens (including phenoxy) is 6. The van der Waals surface area contributed by atoms with E-state index in [0.717, 1.165) is 55.2 Å². The lowest BCUT2D eigenvalue weighted by molar-refractivity contribution is 0.321. The fourth-order valence-corrected chi connectivity index (χ4v) is 4.38. The van der Waals surface area contributed by atoms with Gasteiger partial charge in [-0.05, 0) is 72.4 Å². The zero-order valence-electron chi connectivity index (χ0n) is 23.6. The van der Waals surface area contributed by atoms with Crippen molar-refractivity contribution in [2.24, 2.45) is 0 Å². The van der Waals surface area contributed by atoms with Gasteiger partial charge in [-0.1, -0.05) is 40.0 Å². The van der Waals surface area contributed by atoms with Crippen molar-refractivity contribution in [3.63, 3.8) is 0 Å². The van der Waals surface area contributed by atoms with Crippen LogP contribution in [0.2, 0.25) is 0 Å². The van der Waals surface area contributed by atoms with Gasteiger partial charge < -0.3 is 33.5 Å². The standard InChI is InChI=1S/C31H40O7/c1-8-11-20-14-23(33-4)29(32)24(15-20)37-31-27(36-7)18-22(13-10-3)19-28(31)38-30-25(34-5)16-21(12-9-2)17-26(30)35-6/h14-19,32H,8-13H2,1-7H3. The highest BCUT2D eigenvalue weighted by molar-refractivity contribution is 5.62. The van der Waals surface area contributed by atoms with Crippen molar-refractivity contribution in [3.05, 3.63) is 53.1 Å². The third-order valence-electron chi connectivity index (χ3n) is 6.18. The normalized spacial score (nSPS) is 10.7. The Morgan fingerprint density at radius 1 is 0.474 bits per heavy atom. The third-order valence-corrected chi connectivity index (χ3v) is 6.18. The fraction of sp³-hybridized carbons (Fsp3) is 0.419. The molecule has 0 aliphatic carbocycles. The van der Waals surface area contributed by atoms with Crippen molar-refractivity contribution in [1.29, 1.82) is 0 Å². The van der Waals surface area contributed by atoms with Crippen molar-refractivity contribution < 1.29 is 33.5 Å². The van der Waals surface area contributed by atoms with E-state index in [1.807, 2.05) is 36.4 Å². The average molecular weight is 525 g/mol. The van der Waals surface area contributed by atoms with Crippen molar-refractivity contribution in [2.75, 3.05) is 28.4 Å². The number of hydrogen-bond acceptors (Lipinski definition) is 7. The second kappa shape index (κ2) is 13.7. The lowest BCUT2D eigenvalue weighted by atomic mass is 10.1. The fourth-order valence-electron chi connectivity index (χ4n) is 4.38. The maximum atomic E-state index is 10.9. The van der Waals surface area contributed by atoms with Crippen molar-refractivity contribution >= 4 is 0 Å². The first-order valence-corrected chi connectivity index (χ1v) is 13.1. The molecular weight excluding hydrogens is 484 g/mol. The largest absolute Gasteiger partial charge is 0.502 e. The van der Waals surface area contributed by atoms with E-state index < -0.39 is 0 Å². The second-order valence-electron chi connectivity index (χ2n) is 9.05. The molecule has 0 heterocycles. The molecule has 3 rings (SSSR count). The van der Waals surface area contributed by atoms with Gasteiger partial charge in [-0.15, -0.1) is 0 Å². The van der Waals surface area contributed by atoms with Crippen LogP contribution in [0, 0.1) is 0 Å². The summed E-state index contributed by atoms with van der Waals surface area (Å²) in [5.41, 5.74) is 3.09. The summed E-state index contributed by atoms with van der Waals surface area (Å²) in [5, 5.41) is 10.9. The van der Waals surface area contributed by atoms with Crippen LogP contribution in [0.5, 0.6) is 51.7 Å². The van der Waals surface area contributed by atoms with E-state index in [0.29, 0.717) is 40.2 Å². The highest BCUT2D eigenvalue weighted by Gasteiger charge is 2.23. The van der Waals surface area contributed by atoms with Crippen LogP contribution in [-0.2, 0) is 19.3 Å². The molecule has 0 bridgehead atoms. The average Bonchev–Trinajstić information content (AvgIpc) is 2.92. The SMILES string of the molecule is CCCc1cc(OC)c(O)c(Oc2c(OC)cc(CCC)cc2Oc2c(OC)cc(CCC)cc2OC)c1. The predicted molar refractivity (Wildman–Crippen MR) is 149 cm³/mol. The van der Waals surface area contributed by atoms with Crippen LogP contribution in [0.15, 0.2) is 36.4 Å². The molecule has 0 aliphatic rings. The lowest BCUT2D eigenvalue weighted by Gasteiger charge is -2.21. The van der Waals surface area contributed by atoms with Crippen molar-refractivity contribution in [1.82, 2.24) is 0 Å². The molecule has 0 unspecified atom stereocenters. The molecular formula is C31H40O7. The molecule has 0 fully saturated rings. The predicted octanol–water partition coefficient (Wildman–Crippen LogP) is 7.87. The Hall–Kier alpha value is -3.74. The monoisotopic (exact) mass is 524 g/mol. The first-order chi connectivity index (χ1) is 18.4. The third kappa shape index (κ3) is 6.57. The summed E-state index contributed by atoms with van der Waals surface area (Å²) < 4.78 is 35.4. The van der Waals surface area contributed by atoms with Crippen LogP contribution in [0.4, 0.5) is 0 Å². The Morgan fingerprint density at radius 3 is 1.18 bits per heavy atom. The van der Waals surface area contributed by atoms with Gasteiger partial charge in [-0.3, -0.25) is 0 Å². The Labute approximate surface area is 226 Å². The van der Waals surface area contributed by atoms with E-state index >= 15 is 0 Å². The summed E-state index contributed by atoms with van der Waals surface area (Å²) in [6, 6.07) is 11.4. The second-order valence-corrected chi connectivity index (χ2v) is 9.05. The molecule has 0 atom stereocenters. The molecule has 0 aromatic heterocycles. The number of phenolic OH excluding ortho intramolecular Hbond substituents is 1. The molecule has 0 saturated carbocycles. The summed E-state index contributed by atoms with van der Waals surface area (Å²) in [4.78, 5) is 0. The van der Waals surface area contributed by atoms with E-state index in [2.05, 4.69) is 20.8 Å². The highest BCUT2D eigenvalue weighted by Crippen LogP contribution is 2.50. The van der Waals surface area contributed by atoms with Crippen LogP contribution < -0.4 is 28.4 Å². The topological polar surface area (TPSA) is 75.6 Å².